The lowest BCUT2D eigenvalue weighted by atomic mass is 9.39. The van der Waals surface area contributed by atoms with Gasteiger partial charge in [-0.15, -0.1) is 0 Å². The van der Waals surface area contributed by atoms with Gasteiger partial charge in [0.15, 0.2) is 0 Å². The number of benzene rings is 6. The molecule has 0 radical (unpaired) electrons. The first kappa shape index (κ1) is 24.5. The molecule has 4 heterocycles. The van der Waals surface area contributed by atoms with Gasteiger partial charge in [-0.2, -0.15) is 0 Å². The summed E-state index contributed by atoms with van der Waals surface area (Å²) < 4.78 is 15.8. The molecule has 0 unspecified atom stereocenters. The second-order valence-corrected chi connectivity index (χ2v) is 11.7. The topological polar surface area (TPSA) is 34.5 Å². The summed E-state index contributed by atoms with van der Waals surface area (Å²) in [6, 6.07) is 53.4. The van der Waals surface area contributed by atoms with E-state index in [0.717, 1.165) is 66.8 Å². The van der Waals surface area contributed by atoms with Crippen LogP contribution < -0.4 is 21.6 Å². The summed E-state index contributed by atoms with van der Waals surface area (Å²) in [5.41, 5.74) is 11.4. The Hall–Kier alpha value is -5.94. The average Bonchev–Trinajstić information content (AvgIpc) is 3.77. The van der Waals surface area contributed by atoms with Gasteiger partial charge >= 0.3 is 6.71 Å². The molecule has 0 aliphatic carbocycles. The molecule has 0 fully saturated rings. The number of hydrogen-bond donors (Lipinski definition) is 0. The fraction of sp³-hybridized carbons (Fsp3) is 0. The number of para-hydroxylation sites is 4. The van der Waals surface area contributed by atoms with Crippen molar-refractivity contribution in [1.29, 1.82) is 0 Å². The predicted octanol–water partition coefficient (Wildman–Crippen LogP) is 8.58. The summed E-state index contributed by atoms with van der Waals surface area (Å²) in [7, 11) is 0. The van der Waals surface area contributed by atoms with Crippen LogP contribution in [0.1, 0.15) is 0 Å². The summed E-state index contributed by atoms with van der Waals surface area (Å²) in [5.74, 6) is 0. The molecule has 0 atom stereocenters. The van der Waals surface area contributed by atoms with Crippen molar-refractivity contribution in [2.24, 2.45) is 0 Å². The first-order chi connectivity index (χ1) is 22.3. The van der Waals surface area contributed by atoms with E-state index in [1.807, 2.05) is 18.2 Å². The van der Waals surface area contributed by atoms with Gasteiger partial charge in [-0.3, -0.25) is 0 Å². The third-order valence-corrected chi connectivity index (χ3v) is 9.23. The molecule has 5 heteroatoms. The second-order valence-electron chi connectivity index (χ2n) is 11.7. The minimum absolute atomic E-state index is 0.137. The minimum atomic E-state index is -0.137. The summed E-state index contributed by atoms with van der Waals surface area (Å²) in [5, 5.41) is 4.49. The Bertz CT molecular complexity index is 2560. The quantitative estimate of drug-likeness (QED) is 0.198. The van der Waals surface area contributed by atoms with Crippen LogP contribution in [0.5, 0.6) is 0 Å². The van der Waals surface area contributed by atoms with Gasteiger partial charge in [0, 0.05) is 38.9 Å². The van der Waals surface area contributed by atoms with Crippen molar-refractivity contribution in [2.45, 2.75) is 0 Å². The highest BCUT2D eigenvalue weighted by Crippen LogP contribution is 2.46. The van der Waals surface area contributed by atoms with E-state index < -0.39 is 0 Å². The lowest BCUT2D eigenvalue weighted by molar-refractivity contribution is 0.651. The Balaban J connectivity index is 1.37. The highest BCUT2D eigenvalue weighted by Gasteiger charge is 2.44. The molecule has 9 aromatic rings. The van der Waals surface area contributed by atoms with Crippen LogP contribution >= 0.6 is 0 Å². The van der Waals surface area contributed by atoms with Crippen LogP contribution in [0.2, 0.25) is 0 Å². The highest BCUT2D eigenvalue weighted by atomic mass is 16.3. The smallest absolute Gasteiger partial charge is 0.313 e. The predicted molar refractivity (Wildman–Crippen MR) is 186 cm³/mol. The SMILES string of the molecule is c1ccc(B2c3oc4ccccc4c3N(c3ccc4c(c3)oc3ccccc34)c3c2n(-c2ccccc2)c2ccccc32)cc1. The molecule has 0 saturated carbocycles. The second kappa shape index (κ2) is 9.28. The van der Waals surface area contributed by atoms with Gasteiger partial charge in [-0.05, 0) is 48.5 Å². The summed E-state index contributed by atoms with van der Waals surface area (Å²) in [6.45, 7) is -0.137. The van der Waals surface area contributed by atoms with Crippen LogP contribution in [-0.4, -0.2) is 11.3 Å². The Labute approximate surface area is 259 Å². The van der Waals surface area contributed by atoms with Gasteiger partial charge in [-0.1, -0.05) is 103 Å². The van der Waals surface area contributed by atoms with Crippen molar-refractivity contribution in [3.8, 4) is 5.69 Å². The lowest BCUT2D eigenvalue weighted by Gasteiger charge is -2.33. The molecule has 0 N–H and O–H groups in total. The molecule has 4 nitrogen and oxygen atoms in total. The van der Waals surface area contributed by atoms with Gasteiger partial charge in [0.05, 0.1) is 22.6 Å². The molecule has 1 aliphatic heterocycles. The zero-order valence-electron chi connectivity index (χ0n) is 24.2. The monoisotopic (exact) mass is 576 g/mol. The van der Waals surface area contributed by atoms with Crippen molar-refractivity contribution in [3.63, 3.8) is 0 Å². The average molecular weight is 576 g/mol. The van der Waals surface area contributed by atoms with Crippen molar-refractivity contribution in [2.75, 3.05) is 4.90 Å². The molecule has 0 amide bonds. The van der Waals surface area contributed by atoms with Crippen LogP contribution in [-0.2, 0) is 0 Å². The summed E-state index contributed by atoms with van der Waals surface area (Å²) in [4.78, 5) is 2.41. The molecule has 3 aromatic heterocycles. The minimum Gasteiger partial charge on any atom is -0.468 e. The van der Waals surface area contributed by atoms with Crippen molar-refractivity contribution in [3.05, 3.63) is 152 Å². The molecule has 210 valence electrons. The maximum atomic E-state index is 6.91. The number of nitrogens with zero attached hydrogens (tertiary/aromatic N) is 2. The Morgan fingerprint density at radius 2 is 1.07 bits per heavy atom. The third kappa shape index (κ3) is 3.43. The molecule has 10 rings (SSSR count). The number of hydrogen-bond acceptors (Lipinski definition) is 3. The number of aromatic nitrogens is 1. The molecular formula is C40H25BN2O2. The molecule has 45 heavy (non-hydrogen) atoms. The van der Waals surface area contributed by atoms with Crippen molar-refractivity contribution >= 4 is 84.3 Å². The standard InChI is InChI=1S/C40H25BN2O2/c1-3-13-26(14-4-1)41-39-37(31-18-7-10-20-33(31)42(39)27-15-5-2-6-16-27)43(38-32-19-9-12-22-35(32)45-40(38)41)28-23-24-30-29-17-8-11-21-34(29)44-36(30)25-28/h1-25H. The van der Waals surface area contributed by atoms with E-state index in [1.165, 1.54) is 16.4 Å². The molecule has 0 bridgehead atoms. The number of fused-ring (bicyclic) bond motifs is 9. The van der Waals surface area contributed by atoms with Crippen LogP contribution in [0.4, 0.5) is 17.1 Å². The van der Waals surface area contributed by atoms with Crippen molar-refractivity contribution in [1.82, 2.24) is 4.57 Å². The highest BCUT2D eigenvalue weighted by molar-refractivity contribution is 6.97. The zero-order chi connectivity index (χ0) is 29.5. The Morgan fingerprint density at radius 1 is 0.444 bits per heavy atom. The van der Waals surface area contributed by atoms with Gasteiger partial charge in [0.25, 0.3) is 0 Å². The van der Waals surface area contributed by atoms with Gasteiger partial charge in [0.2, 0.25) is 0 Å². The zero-order valence-corrected chi connectivity index (χ0v) is 24.2. The van der Waals surface area contributed by atoms with E-state index >= 15 is 0 Å². The fourth-order valence-corrected chi connectivity index (χ4v) is 7.38. The largest absolute Gasteiger partial charge is 0.468 e. The van der Waals surface area contributed by atoms with Crippen LogP contribution in [0.15, 0.2) is 160 Å². The van der Waals surface area contributed by atoms with Crippen LogP contribution in [0, 0.1) is 0 Å². The lowest BCUT2D eigenvalue weighted by Crippen LogP contribution is -2.58. The van der Waals surface area contributed by atoms with E-state index in [2.05, 4.69) is 143 Å². The van der Waals surface area contributed by atoms with Gasteiger partial charge in [0.1, 0.15) is 22.4 Å². The number of rotatable bonds is 3. The maximum absolute atomic E-state index is 6.91. The van der Waals surface area contributed by atoms with E-state index in [1.54, 1.807) is 0 Å². The Kier molecular flexibility index (Phi) is 5.05. The Morgan fingerprint density at radius 3 is 1.87 bits per heavy atom. The first-order valence-corrected chi connectivity index (χ1v) is 15.3. The van der Waals surface area contributed by atoms with E-state index in [0.29, 0.717) is 0 Å². The number of furan rings is 2. The van der Waals surface area contributed by atoms with Crippen LogP contribution in [0.3, 0.4) is 0 Å². The van der Waals surface area contributed by atoms with E-state index in [9.17, 15) is 0 Å². The van der Waals surface area contributed by atoms with Gasteiger partial charge < -0.3 is 18.3 Å². The van der Waals surface area contributed by atoms with Gasteiger partial charge in [-0.25, -0.2) is 0 Å². The normalized spacial score (nSPS) is 12.8. The molecule has 0 spiro atoms. The maximum Gasteiger partial charge on any atom is 0.313 e. The van der Waals surface area contributed by atoms with E-state index in [4.69, 9.17) is 8.83 Å². The molecule has 6 aromatic carbocycles. The summed E-state index contributed by atoms with van der Waals surface area (Å²) >= 11 is 0. The summed E-state index contributed by atoms with van der Waals surface area (Å²) in [6.07, 6.45) is 0. The molecule has 1 aliphatic rings. The molecule has 0 saturated heterocycles. The van der Waals surface area contributed by atoms with Crippen LogP contribution in [0.25, 0.3) is 49.5 Å². The first-order valence-electron chi connectivity index (χ1n) is 15.3. The fourth-order valence-electron chi connectivity index (χ4n) is 7.38. The third-order valence-electron chi connectivity index (χ3n) is 9.23. The van der Waals surface area contributed by atoms with Crippen molar-refractivity contribution < 1.29 is 8.83 Å². The molecular weight excluding hydrogens is 551 g/mol. The van der Waals surface area contributed by atoms with E-state index in [-0.39, 0.29) is 6.71 Å². The number of anilines is 3.